The lowest BCUT2D eigenvalue weighted by molar-refractivity contribution is 0.0923. The van der Waals surface area contributed by atoms with Crippen LogP contribution in [-0.2, 0) is 0 Å². The summed E-state index contributed by atoms with van der Waals surface area (Å²) in [5.41, 5.74) is 3.38. The number of hydrogen-bond acceptors (Lipinski definition) is 5. The van der Waals surface area contributed by atoms with E-state index in [1.165, 1.54) is 19.3 Å². The number of benzene rings is 1. The molecule has 0 spiro atoms. The van der Waals surface area contributed by atoms with Crippen LogP contribution in [0.2, 0.25) is 0 Å². The number of fused-ring (bicyclic) bond motifs is 2. The highest BCUT2D eigenvalue weighted by atomic mass is 16.4. The molecule has 30 heavy (non-hydrogen) atoms. The normalized spacial score (nSPS) is 25.0. The summed E-state index contributed by atoms with van der Waals surface area (Å²) in [6.45, 7) is 1.77. The second-order valence-electron chi connectivity index (χ2n) is 9.07. The average Bonchev–Trinajstić information content (AvgIpc) is 3.13. The maximum atomic E-state index is 12.9. The highest BCUT2D eigenvalue weighted by molar-refractivity contribution is 5.95. The Morgan fingerprint density at radius 3 is 2.73 bits per heavy atom. The topological polar surface area (TPSA) is 85.8 Å². The van der Waals surface area contributed by atoms with Crippen LogP contribution in [0.3, 0.4) is 0 Å². The van der Waals surface area contributed by atoms with Crippen molar-refractivity contribution in [1.29, 1.82) is 0 Å². The molecule has 2 bridgehead atoms. The van der Waals surface area contributed by atoms with E-state index in [4.69, 9.17) is 9.52 Å². The van der Waals surface area contributed by atoms with Gasteiger partial charge in [-0.05, 0) is 68.2 Å². The Kier molecular flexibility index (Phi) is 4.04. The number of amides is 1. The summed E-state index contributed by atoms with van der Waals surface area (Å²) in [4.78, 5) is 12.9. The first-order valence-corrected chi connectivity index (χ1v) is 11.0. The predicted molar refractivity (Wildman–Crippen MR) is 110 cm³/mol. The number of aryl methyl sites for hydroxylation is 1. The molecule has 154 valence electrons. The lowest BCUT2D eigenvalue weighted by atomic mass is 9.95. The SMILES string of the molecule is Cc1nnc(-c2cc(C3CC3)n(-c3cccc(C(=O)NC4C[C@H]5CC[C@@H]4C5)c3)n2)o1. The molecule has 2 heterocycles. The van der Waals surface area contributed by atoms with Crippen LogP contribution >= 0.6 is 0 Å². The molecular weight excluding hydrogens is 378 g/mol. The molecule has 0 aliphatic heterocycles. The smallest absolute Gasteiger partial charge is 0.268 e. The van der Waals surface area contributed by atoms with Crippen LogP contribution in [0, 0.1) is 18.8 Å². The van der Waals surface area contributed by atoms with E-state index in [0.717, 1.165) is 36.6 Å². The third kappa shape index (κ3) is 3.13. The number of carbonyl (C=O) groups is 1. The maximum absolute atomic E-state index is 12.9. The molecule has 1 N–H and O–H groups in total. The van der Waals surface area contributed by atoms with E-state index in [1.807, 2.05) is 35.0 Å². The molecule has 1 aromatic carbocycles. The van der Waals surface area contributed by atoms with Gasteiger partial charge in [-0.25, -0.2) is 4.68 Å². The molecule has 1 amide bonds. The van der Waals surface area contributed by atoms with Crippen LogP contribution in [0.1, 0.15) is 66.4 Å². The fraction of sp³-hybridized carbons (Fsp3) is 0.478. The third-order valence-electron chi connectivity index (χ3n) is 6.89. The van der Waals surface area contributed by atoms with E-state index in [-0.39, 0.29) is 5.91 Å². The highest BCUT2D eigenvalue weighted by Crippen LogP contribution is 2.44. The Bertz CT molecular complexity index is 1110. The summed E-state index contributed by atoms with van der Waals surface area (Å²) in [7, 11) is 0. The Hall–Kier alpha value is -2.96. The lowest BCUT2D eigenvalue weighted by Crippen LogP contribution is -2.38. The first-order chi connectivity index (χ1) is 14.6. The number of aromatic nitrogens is 4. The molecule has 3 aliphatic carbocycles. The van der Waals surface area contributed by atoms with Crippen LogP contribution in [0.5, 0.6) is 0 Å². The number of carbonyl (C=O) groups excluding carboxylic acids is 1. The van der Waals surface area contributed by atoms with Gasteiger partial charge in [0.25, 0.3) is 11.8 Å². The van der Waals surface area contributed by atoms with Crippen molar-refractivity contribution in [3.8, 4) is 17.3 Å². The Labute approximate surface area is 174 Å². The van der Waals surface area contributed by atoms with Crippen LogP contribution in [-0.4, -0.2) is 31.9 Å². The van der Waals surface area contributed by atoms with E-state index in [2.05, 4.69) is 15.5 Å². The fourth-order valence-corrected chi connectivity index (χ4v) is 5.23. The minimum Gasteiger partial charge on any atom is -0.420 e. The Balaban J connectivity index is 1.29. The molecule has 3 atom stereocenters. The van der Waals surface area contributed by atoms with Crippen molar-refractivity contribution < 1.29 is 9.21 Å². The van der Waals surface area contributed by atoms with Gasteiger partial charge in [-0.3, -0.25) is 4.79 Å². The van der Waals surface area contributed by atoms with Gasteiger partial charge < -0.3 is 9.73 Å². The fourth-order valence-electron chi connectivity index (χ4n) is 5.23. The van der Waals surface area contributed by atoms with Crippen molar-refractivity contribution in [3.63, 3.8) is 0 Å². The zero-order chi connectivity index (χ0) is 20.2. The van der Waals surface area contributed by atoms with Crippen LogP contribution in [0.15, 0.2) is 34.7 Å². The van der Waals surface area contributed by atoms with Crippen molar-refractivity contribution in [3.05, 3.63) is 47.5 Å². The average molecular weight is 403 g/mol. The van der Waals surface area contributed by atoms with E-state index in [0.29, 0.717) is 40.9 Å². The lowest BCUT2D eigenvalue weighted by Gasteiger charge is -2.23. The molecular formula is C23H25N5O2. The summed E-state index contributed by atoms with van der Waals surface area (Å²) in [6.07, 6.45) is 7.30. The number of nitrogens with zero attached hydrogens (tertiary/aromatic N) is 4. The largest absolute Gasteiger partial charge is 0.420 e. The van der Waals surface area contributed by atoms with Gasteiger partial charge in [-0.2, -0.15) is 5.10 Å². The first-order valence-electron chi connectivity index (χ1n) is 11.0. The van der Waals surface area contributed by atoms with E-state index in [9.17, 15) is 4.79 Å². The number of rotatable bonds is 5. The molecule has 7 heteroatoms. The first kappa shape index (κ1) is 17.9. The van der Waals surface area contributed by atoms with Crippen molar-refractivity contribution in [2.45, 2.75) is 57.4 Å². The zero-order valence-electron chi connectivity index (χ0n) is 17.0. The van der Waals surface area contributed by atoms with Gasteiger partial charge in [-0.1, -0.05) is 12.5 Å². The minimum atomic E-state index is 0.0160. The molecule has 6 rings (SSSR count). The summed E-state index contributed by atoms with van der Waals surface area (Å²) >= 11 is 0. The molecule has 0 saturated heterocycles. The van der Waals surface area contributed by atoms with Gasteiger partial charge in [-0.15, -0.1) is 10.2 Å². The monoisotopic (exact) mass is 403 g/mol. The molecule has 3 aromatic rings. The standard InChI is InChI=1S/C23H25N5O2/c1-13-25-26-23(30-13)20-12-21(15-7-8-15)28(27-20)18-4-2-3-17(11-18)22(29)24-19-10-14-5-6-16(19)9-14/h2-4,11-12,14-16,19H,5-10H2,1H3,(H,24,29)/t14-,16+,19?/m0/s1. The second-order valence-corrected chi connectivity index (χ2v) is 9.07. The molecule has 3 aliphatic rings. The minimum absolute atomic E-state index is 0.0160. The zero-order valence-corrected chi connectivity index (χ0v) is 17.0. The van der Waals surface area contributed by atoms with Crippen LogP contribution in [0.4, 0.5) is 0 Å². The number of nitrogens with one attached hydrogen (secondary N) is 1. The van der Waals surface area contributed by atoms with Crippen molar-refractivity contribution in [2.24, 2.45) is 11.8 Å². The summed E-state index contributed by atoms with van der Waals surface area (Å²) in [6, 6.07) is 10.1. The molecule has 7 nitrogen and oxygen atoms in total. The van der Waals surface area contributed by atoms with E-state index < -0.39 is 0 Å². The van der Waals surface area contributed by atoms with E-state index in [1.54, 1.807) is 6.92 Å². The van der Waals surface area contributed by atoms with Crippen molar-refractivity contribution >= 4 is 5.91 Å². The molecule has 0 radical (unpaired) electrons. The van der Waals surface area contributed by atoms with Gasteiger partial charge in [0.15, 0.2) is 0 Å². The summed E-state index contributed by atoms with van der Waals surface area (Å²) in [5, 5.41) is 16.1. The molecule has 3 fully saturated rings. The third-order valence-corrected chi connectivity index (χ3v) is 6.89. The van der Waals surface area contributed by atoms with E-state index >= 15 is 0 Å². The molecule has 2 aromatic heterocycles. The Morgan fingerprint density at radius 1 is 1.13 bits per heavy atom. The van der Waals surface area contributed by atoms with Gasteiger partial charge in [0.1, 0.15) is 5.69 Å². The predicted octanol–water partition coefficient (Wildman–Crippen LogP) is 4.03. The van der Waals surface area contributed by atoms with Crippen molar-refractivity contribution in [1.82, 2.24) is 25.3 Å². The van der Waals surface area contributed by atoms with Gasteiger partial charge in [0.2, 0.25) is 5.89 Å². The molecule has 3 saturated carbocycles. The van der Waals surface area contributed by atoms with Crippen molar-refractivity contribution in [2.75, 3.05) is 0 Å². The number of hydrogen-bond donors (Lipinski definition) is 1. The van der Waals surface area contributed by atoms with Gasteiger partial charge in [0, 0.05) is 30.1 Å². The van der Waals surface area contributed by atoms with Crippen LogP contribution < -0.4 is 5.32 Å². The van der Waals surface area contributed by atoms with Crippen LogP contribution in [0.25, 0.3) is 17.3 Å². The second kappa shape index (κ2) is 6.79. The van der Waals surface area contributed by atoms with Gasteiger partial charge >= 0.3 is 0 Å². The molecule has 1 unspecified atom stereocenters. The highest BCUT2D eigenvalue weighted by Gasteiger charge is 2.40. The van der Waals surface area contributed by atoms with Gasteiger partial charge in [0.05, 0.1) is 5.69 Å². The quantitative estimate of drug-likeness (QED) is 0.695. The summed E-state index contributed by atoms with van der Waals surface area (Å²) < 4.78 is 7.50. The summed E-state index contributed by atoms with van der Waals surface area (Å²) in [5.74, 6) is 2.92. The Morgan fingerprint density at radius 2 is 2.03 bits per heavy atom. The maximum Gasteiger partial charge on any atom is 0.268 e.